The molecular weight excluding hydrogens is 216 g/mol. The highest BCUT2D eigenvalue weighted by molar-refractivity contribution is 5.89. The van der Waals surface area contributed by atoms with Crippen molar-refractivity contribution in [1.82, 2.24) is 0 Å². The van der Waals surface area contributed by atoms with Crippen molar-refractivity contribution in [3.05, 3.63) is 35.4 Å². The van der Waals surface area contributed by atoms with Crippen LogP contribution in [-0.4, -0.2) is 19.4 Å². The zero-order chi connectivity index (χ0) is 12.7. The van der Waals surface area contributed by atoms with Crippen molar-refractivity contribution in [2.45, 2.75) is 32.1 Å². The van der Waals surface area contributed by atoms with Crippen LogP contribution in [0.1, 0.15) is 48.0 Å². The van der Waals surface area contributed by atoms with E-state index >= 15 is 0 Å². The third kappa shape index (κ3) is 3.70. The summed E-state index contributed by atoms with van der Waals surface area (Å²) in [6.07, 6.45) is 3.38. The SMILES string of the molecule is CC[C@H](CCC=O)c1ccc(C(=O)OC)cc1. The fourth-order valence-electron chi connectivity index (χ4n) is 1.88. The van der Waals surface area contributed by atoms with Gasteiger partial charge in [0, 0.05) is 6.42 Å². The predicted molar refractivity (Wildman–Crippen MR) is 66.1 cm³/mol. The summed E-state index contributed by atoms with van der Waals surface area (Å²) in [4.78, 5) is 21.6. The van der Waals surface area contributed by atoms with Crippen LogP contribution in [0.3, 0.4) is 0 Å². The number of ether oxygens (including phenoxy) is 1. The van der Waals surface area contributed by atoms with E-state index in [0.717, 1.165) is 19.1 Å². The van der Waals surface area contributed by atoms with Gasteiger partial charge in [0.25, 0.3) is 0 Å². The fourth-order valence-corrected chi connectivity index (χ4v) is 1.88. The zero-order valence-corrected chi connectivity index (χ0v) is 10.3. The molecule has 0 unspecified atom stereocenters. The molecule has 0 aromatic heterocycles. The van der Waals surface area contributed by atoms with E-state index in [0.29, 0.717) is 17.9 Å². The number of hydrogen-bond acceptors (Lipinski definition) is 3. The van der Waals surface area contributed by atoms with Crippen LogP contribution in [0.15, 0.2) is 24.3 Å². The quantitative estimate of drug-likeness (QED) is 0.561. The molecule has 0 fully saturated rings. The first kappa shape index (κ1) is 13.4. The highest BCUT2D eigenvalue weighted by atomic mass is 16.5. The highest BCUT2D eigenvalue weighted by Gasteiger charge is 2.10. The summed E-state index contributed by atoms with van der Waals surface area (Å²) in [6.45, 7) is 2.10. The van der Waals surface area contributed by atoms with Gasteiger partial charge in [0.1, 0.15) is 6.29 Å². The number of benzene rings is 1. The number of esters is 1. The van der Waals surface area contributed by atoms with Crippen LogP contribution in [0.5, 0.6) is 0 Å². The van der Waals surface area contributed by atoms with E-state index in [9.17, 15) is 9.59 Å². The zero-order valence-electron chi connectivity index (χ0n) is 10.3. The summed E-state index contributed by atoms with van der Waals surface area (Å²) in [7, 11) is 1.37. The molecule has 0 aliphatic heterocycles. The van der Waals surface area contributed by atoms with Crippen molar-refractivity contribution < 1.29 is 14.3 Å². The first-order chi connectivity index (χ1) is 8.22. The third-order valence-corrected chi connectivity index (χ3v) is 2.93. The molecule has 1 aromatic rings. The first-order valence-electron chi connectivity index (χ1n) is 5.84. The second-order valence-electron chi connectivity index (χ2n) is 3.96. The fraction of sp³-hybridized carbons (Fsp3) is 0.429. The molecule has 0 saturated carbocycles. The van der Waals surface area contributed by atoms with Gasteiger partial charge in [-0.15, -0.1) is 0 Å². The Morgan fingerprint density at radius 1 is 1.35 bits per heavy atom. The normalized spacial score (nSPS) is 11.9. The van der Waals surface area contributed by atoms with Gasteiger partial charge in [-0.3, -0.25) is 0 Å². The van der Waals surface area contributed by atoms with Gasteiger partial charge in [-0.05, 0) is 36.5 Å². The van der Waals surface area contributed by atoms with E-state index in [4.69, 9.17) is 0 Å². The van der Waals surface area contributed by atoms with E-state index in [2.05, 4.69) is 11.7 Å². The minimum Gasteiger partial charge on any atom is -0.465 e. The molecule has 0 saturated heterocycles. The van der Waals surface area contributed by atoms with Crippen LogP contribution in [-0.2, 0) is 9.53 Å². The largest absolute Gasteiger partial charge is 0.465 e. The summed E-state index contributed by atoms with van der Waals surface area (Å²) in [6, 6.07) is 7.41. The molecule has 0 aliphatic carbocycles. The second kappa shape index (κ2) is 6.84. The summed E-state index contributed by atoms with van der Waals surface area (Å²) in [5.74, 6) is 0.0596. The molecule has 0 spiro atoms. The molecule has 0 aliphatic rings. The molecule has 0 amide bonds. The molecule has 1 atom stereocenters. The average molecular weight is 234 g/mol. The maximum Gasteiger partial charge on any atom is 0.337 e. The molecule has 0 radical (unpaired) electrons. The molecule has 0 bridgehead atoms. The molecule has 1 aromatic carbocycles. The number of carbonyl (C=O) groups is 2. The smallest absolute Gasteiger partial charge is 0.337 e. The average Bonchev–Trinajstić information content (AvgIpc) is 2.39. The Kier molecular flexibility index (Phi) is 5.40. The van der Waals surface area contributed by atoms with Crippen LogP contribution >= 0.6 is 0 Å². The minimum absolute atomic E-state index is 0.322. The Morgan fingerprint density at radius 2 is 2.00 bits per heavy atom. The monoisotopic (exact) mass is 234 g/mol. The van der Waals surface area contributed by atoms with Crippen LogP contribution in [0.4, 0.5) is 0 Å². The van der Waals surface area contributed by atoms with Gasteiger partial charge >= 0.3 is 5.97 Å². The number of rotatable bonds is 6. The third-order valence-electron chi connectivity index (χ3n) is 2.93. The van der Waals surface area contributed by atoms with Crippen molar-refractivity contribution in [2.75, 3.05) is 7.11 Å². The van der Waals surface area contributed by atoms with Gasteiger partial charge < -0.3 is 9.53 Å². The Bertz CT molecular complexity index is 368. The van der Waals surface area contributed by atoms with Crippen molar-refractivity contribution in [1.29, 1.82) is 0 Å². The van der Waals surface area contributed by atoms with Crippen molar-refractivity contribution in [3.63, 3.8) is 0 Å². The summed E-state index contributed by atoms with van der Waals surface area (Å²) < 4.78 is 4.64. The van der Waals surface area contributed by atoms with Crippen molar-refractivity contribution in [2.24, 2.45) is 0 Å². The number of carbonyl (C=O) groups excluding carboxylic acids is 2. The Hall–Kier alpha value is -1.64. The molecule has 0 heterocycles. The van der Waals surface area contributed by atoms with E-state index in [-0.39, 0.29) is 5.97 Å². The van der Waals surface area contributed by atoms with E-state index in [1.807, 2.05) is 12.1 Å². The summed E-state index contributed by atoms with van der Waals surface area (Å²) in [5.41, 5.74) is 1.73. The molecule has 3 heteroatoms. The lowest BCUT2D eigenvalue weighted by Crippen LogP contribution is -2.03. The highest BCUT2D eigenvalue weighted by Crippen LogP contribution is 2.24. The summed E-state index contributed by atoms with van der Waals surface area (Å²) in [5, 5.41) is 0. The molecule has 17 heavy (non-hydrogen) atoms. The molecule has 92 valence electrons. The topological polar surface area (TPSA) is 43.4 Å². The number of methoxy groups -OCH3 is 1. The summed E-state index contributed by atoms with van der Waals surface area (Å²) >= 11 is 0. The predicted octanol–water partition coefficient (Wildman–Crippen LogP) is 2.95. The molecular formula is C14H18O3. The second-order valence-corrected chi connectivity index (χ2v) is 3.96. The van der Waals surface area contributed by atoms with Crippen LogP contribution in [0.2, 0.25) is 0 Å². The van der Waals surface area contributed by atoms with E-state index in [1.165, 1.54) is 12.7 Å². The van der Waals surface area contributed by atoms with Crippen molar-refractivity contribution in [3.8, 4) is 0 Å². The standard InChI is InChI=1S/C14H18O3/c1-3-11(5-4-10-15)12-6-8-13(9-7-12)14(16)17-2/h6-11H,3-5H2,1-2H3/t11-/m1/s1. The minimum atomic E-state index is -0.322. The molecule has 1 rings (SSSR count). The van der Waals surface area contributed by atoms with Crippen LogP contribution < -0.4 is 0 Å². The first-order valence-corrected chi connectivity index (χ1v) is 5.84. The maximum absolute atomic E-state index is 11.3. The van der Waals surface area contributed by atoms with Gasteiger partial charge in [0.15, 0.2) is 0 Å². The maximum atomic E-state index is 11.3. The Labute approximate surface area is 102 Å². The van der Waals surface area contributed by atoms with Gasteiger partial charge in [-0.1, -0.05) is 19.1 Å². The lowest BCUT2D eigenvalue weighted by atomic mass is 9.91. The van der Waals surface area contributed by atoms with Crippen LogP contribution in [0.25, 0.3) is 0 Å². The van der Waals surface area contributed by atoms with Crippen molar-refractivity contribution >= 4 is 12.3 Å². The Balaban J connectivity index is 2.77. The van der Waals surface area contributed by atoms with Gasteiger partial charge in [-0.2, -0.15) is 0 Å². The number of hydrogen-bond donors (Lipinski definition) is 0. The molecule has 3 nitrogen and oxygen atoms in total. The Morgan fingerprint density at radius 3 is 2.47 bits per heavy atom. The van der Waals surface area contributed by atoms with E-state index < -0.39 is 0 Å². The van der Waals surface area contributed by atoms with Gasteiger partial charge in [0.05, 0.1) is 12.7 Å². The lowest BCUT2D eigenvalue weighted by molar-refractivity contribution is -0.108. The van der Waals surface area contributed by atoms with Crippen LogP contribution in [0, 0.1) is 0 Å². The van der Waals surface area contributed by atoms with Gasteiger partial charge in [-0.25, -0.2) is 4.79 Å². The lowest BCUT2D eigenvalue weighted by Gasteiger charge is -2.14. The molecule has 0 N–H and O–H groups in total. The van der Waals surface area contributed by atoms with E-state index in [1.54, 1.807) is 12.1 Å². The number of aldehydes is 1. The van der Waals surface area contributed by atoms with Gasteiger partial charge in [0.2, 0.25) is 0 Å².